The van der Waals surface area contributed by atoms with Gasteiger partial charge < -0.3 is 9.72 Å². The van der Waals surface area contributed by atoms with E-state index in [2.05, 4.69) is 30.0 Å². The van der Waals surface area contributed by atoms with E-state index in [4.69, 9.17) is 11.6 Å². The summed E-state index contributed by atoms with van der Waals surface area (Å²) in [6.07, 6.45) is 1.45. The summed E-state index contributed by atoms with van der Waals surface area (Å²) in [5.41, 5.74) is 0.930. The van der Waals surface area contributed by atoms with Crippen molar-refractivity contribution >= 4 is 34.6 Å². The zero-order chi connectivity index (χ0) is 11.5. The van der Waals surface area contributed by atoms with Gasteiger partial charge in [0.05, 0.1) is 6.33 Å². The van der Waals surface area contributed by atoms with Crippen molar-refractivity contribution in [3.05, 3.63) is 11.5 Å². The molecule has 2 heterocycles. The van der Waals surface area contributed by atoms with Gasteiger partial charge in [-0.2, -0.15) is 9.97 Å². The summed E-state index contributed by atoms with van der Waals surface area (Å²) in [6.45, 7) is -0.0699. The highest BCUT2D eigenvalue weighted by molar-refractivity contribution is 6.33. The lowest BCUT2D eigenvalue weighted by atomic mass is 10.5. The summed E-state index contributed by atoms with van der Waals surface area (Å²) >= 11 is 5.86. The lowest BCUT2D eigenvalue weighted by Gasteiger charge is -2.02. The Morgan fingerprint density at radius 1 is 1.62 bits per heavy atom. The molecule has 1 amide bonds. The molecule has 0 aromatic carbocycles. The fourth-order valence-electron chi connectivity index (χ4n) is 1.15. The average molecular weight is 242 g/mol. The molecular weight excluding hydrogens is 234 g/mol. The Balaban J connectivity index is 2.28. The molecule has 0 radical (unpaired) electrons. The summed E-state index contributed by atoms with van der Waals surface area (Å²) in [5, 5.41) is 2.65. The number of carbonyl (C=O) groups excluding carboxylic acids is 1. The van der Waals surface area contributed by atoms with Crippen molar-refractivity contribution in [1.82, 2.24) is 19.9 Å². The van der Waals surface area contributed by atoms with Gasteiger partial charge in [-0.05, 0) is 0 Å². The number of methoxy groups -OCH3 is 1. The molecule has 2 N–H and O–H groups in total. The number of amides is 1. The first-order chi connectivity index (χ1) is 7.70. The number of anilines is 1. The van der Waals surface area contributed by atoms with E-state index in [1.165, 1.54) is 13.4 Å². The van der Waals surface area contributed by atoms with Crippen LogP contribution in [0.3, 0.4) is 0 Å². The van der Waals surface area contributed by atoms with Crippen molar-refractivity contribution in [2.45, 2.75) is 0 Å². The van der Waals surface area contributed by atoms with Crippen molar-refractivity contribution in [3.63, 3.8) is 0 Å². The molecule has 84 valence electrons. The van der Waals surface area contributed by atoms with Gasteiger partial charge in [0.25, 0.3) is 5.91 Å². The highest BCUT2D eigenvalue weighted by Gasteiger charge is 2.10. The van der Waals surface area contributed by atoms with Crippen LogP contribution in [0.4, 0.5) is 5.95 Å². The first-order valence-corrected chi connectivity index (χ1v) is 4.74. The van der Waals surface area contributed by atoms with Gasteiger partial charge in [0, 0.05) is 7.11 Å². The van der Waals surface area contributed by atoms with Crippen LogP contribution in [-0.2, 0) is 9.53 Å². The van der Waals surface area contributed by atoms with Crippen LogP contribution < -0.4 is 5.32 Å². The van der Waals surface area contributed by atoms with Gasteiger partial charge in [0.1, 0.15) is 12.1 Å². The smallest absolute Gasteiger partial charge is 0.252 e. The fourth-order valence-corrected chi connectivity index (χ4v) is 1.36. The maximum absolute atomic E-state index is 11.2. The quantitative estimate of drug-likeness (QED) is 0.768. The van der Waals surface area contributed by atoms with Gasteiger partial charge in [0.2, 0.25) is 5.95 Å². The number of rotatable bonds is 3. The lowest BCUT2D eigenvalue weighted by Crippen LogP contribution is -2.18. The second-order valence-electron chi connectivity index (χ2n) is 2.92. The highest BCUT2D eigenvalue weighted by atomic mass is 35.5. The van der Waals surface area contributed by atoms with Crippen molar-refractivity contribution < 1.29 is 9.53 Å². The molecule has 2 rings (SSSR count). The first-order valence-electron chi connectivity index (χ1n) is 4.36. The van der Waals surface area contributed by atoms with Gasteiger partial charge in [-0.3, -0.25) is 10.1 Å². The van der Waals surface area contributed by atoms with E-state index in [1.807, 2.05) is 0 Å². The number of nitrogens with one attached hydrogen (secondary N) is 2. The minimum Gasteiger partial charge on any atom is -0.375 e. The number of ether oxygens (including phenoxy) is 1. The van der Waals surface area contributed by atoms with Crippen LogP contribution in [0.1, 0.15) is 0 Å². The number of nitrogens with zero attached hydrogens (tertiary/aromatic N) is 3. The minimum absolute atomic E-state index is 0.0699. The predicted octanol–water partition coefficient (Wildman–Crippen LogP) is 0.591. The molecule has 0 fully saturated rings. The van der Waals surface area contributed by atoms with Gasteiger partial charge in [-0.25, -0.2) is 4.98 Å². The molecular formula is C8H8ClN5O2. The third kappa shape index (κ3) is 2.10. The molecule has 0 unspecified atom stereocenters. The number of fused-ring (bicyclic) bond motifs is 1. The van der Waals surface area contributed by atoms with E-state index >= 15 is 0 Å². The molecule has 8 heteroatoms. The monoisotopic (exact) mass is 241 g/mol. The van der Waals surface area contributed by atoms with Crippen LogP contribution in [0.2, 0.25) is 5.15 Å². The van der Waals surface area contributed by atoms with Crippen molar-refractivity contribution in [2.24, 2.45) is 0 Å². The Morgan fingerprint density at radius 2 is 2.44 bits per heavy atom. The first kappa shape index (κ1) is 10.8. The standard InChI is InChI=1S/C8H8ClN5O2/c1-16-2-4(15)12-8-13-6(9)5-7(14-8)11-3-10-5/h3H,2H2,1H3,(H2,10,11,12,13,14,15). The van der Waals surface area contributed by atoms with Crippen molar-refractivity contribution in [2.75, 3.05) is 19.0 Å². The van der Waals surface area contributed by atoms with Crippen LogP contribution >= 0.6 is 11.6 Å². The van der Waals surface area contributed by atoms with E-state index in [9.17, 15) is 4.79 Å². The van der Waals surface area contributed by atoms with E-state index in [0.29, 0.717) is 11.2 Å². The molecule has 16 heavy (non-hydrogen) atoms. The van der Waals surface area contributed by atoms with E-state index in [-0.39, 0.29) is 23.6 Å². The van der Waals surface area contributed by atoms with Crippen LogP contribution in [0, 0.1) is 0 Å². The molecule has 0 aliphatic rings. The molecule has 0 spiro atoms. The molecule has 2 aromatic heterocycles. The fraction of sp³-hybridized carbons (Fsp3) is 0.250. The second kappa shape index (κ2) is 4.42. The third-order valence-corrected chi connectivity index (χ3v) is 2.04. The molecule has 0 aliphatic heterocycles. The summed E-state index contributed by atoms with van der Waals surface area (Å²) in [6, 6.07) is 0. The Bertz CT molecular complexity index is 526. The number of carbonyl (C=O) groups is 1. The predicted molar refractivity (Wildman–Crippen MR) is 57.2 cm³/mol. The van der Waals surface area contributed by atoms with Crippen LogP contribution in [-0.4, -0.2) is 39.6 Å². The Labute approximate surface area is 95.2 Å². The van der Waals surface area contributed by atoms with Gasteiger partial charge >= 0.3 is 0 Å². The SMILES string of the molecule is COCC(=O)Nc1nc(Cl)c2[nH]cnc2n1. The summed E-state index contributed by atoms with van der Waals surface area (Å²) in [4.78, 5) is 25.8. The van der Waals surface area contributed by atoms with Crippen LogP contribution in [0.25, 0.3) is 11.2 Å². The molecule has 7 nitrogen and oxygen atoms in total. The zero-order valence-electron chi connectivity index (χ0n) is 8.32. The Morgan fingerprint density at radius 3 is 3.19 bits per heavy atom. The Hall–Kier alpha value is -1.73. The molecule has 2 aromatic rings. The largest absolute Gasteiger partial charge is 0.375 e. The summed E-state index contributed by atoms with van der Waals surface area (Å²) in [7, 11) is 1.42. The number of aromatic amines is 1. The third-order valence-electron chi connectivity index (χ3n) is 1.77. The van der Waals surface area contributed by atoms with E-state index < -0.39 is 0 Å². The average Bonchev–Trinajstić information content (AvgIpc) is 2.66. The van der Waals surface area contributed by atoms with Crippen LogP contribution in [0.15, 0.2) is 6.33 Å². The highest BCUT2D eigenvalue weighted by Crippen LogP contribution is 2.17. The van der Waals surface area contributed by atoms with Crippen LogP contribution in [0.5, 0.6) is 0 Å². The molecule has 0 saturated carbocycles. The number of imidazole rings is 1. The lowest BCUT2D eigenvalue weighted by molar-refractivity contribution is -0.119. The minimum atomic E-state index is -0.353. The van der Waals surface area contributed by atoms with Crippen molar-refractivity contribution in [3.8, 4) is 0 Å². The number of halogens is 1. The van der Waals surface area contributed by atoms with Crippen molar-refractivity contribution in [1.29, 1.82) is 0 Å². The van der Waals surface area contributed by atoms with E-state index in [1.54, 1.807) is 0 Å². The number of hydrogen-bond donors (Lipinski definition) is 2. The summed E-state index contributed by atoms with van der Waals surface area (Å²) in [5.74, 6) is -0.250. The second-order valence-corrected chi connectivity index (χ2v) is 3.28. The maximum Gasteiger partial charge on any atom is 0.252 e. The zero-order valence-corrected chi connectivity index (χ0v) is 9.08. The van der Waals surface area contributed by atoms with Gasteiger partial charge in [0.15, 0.2) is 10.8 Å². The molecule has 0 aliphatic carbocycles. The molecule has 0 atom stereocenters. The number of aromatic nitrogens is 4. The normalized spacial score (nSPS) is 10.6. The number of H-pyrrole nitrogens is 1. The maximum atomic E-state index is 11.2. The summed E-state index contributed by atoms with van der Waals surface area (Å²) < 4.78 is 4.66. The van der Waals surface area contributed by atoms with E-state index in [0.717, 1.165) is 0 Å². The van der Waals surface area contributed by atoms with Gasteiger partial charge in [-0.1, -0.05) is 11.6 Å². The number of hydrogen-bond acceptors (Lipinski definition) is 5. The topological polar surface area (TPSA) is 92.8 Å². The van der Waals surface area contributed by atoms with Gasteiger partial charge in [-0.15, -0.1) is 0 Å². The Kier molecular flexibility index (Phi) is 2.97. The molecule has 0 saturated heterocycles. The molecule has 0 bridgehead atoms.